The number of pyridine rings is 1. The van der Waals surface area contributed by atoms with Crippen LogP contribution in [0.2, 0.25) is 5.02 Å². The Bertz CT molecular complexity index is 996. The summed E-state index contributed by atoms with van der Waals surface area (Å²) in [5.41, 5.74) is 1.79. The molecule has 1 saturated heterocycles. The molecule has 0 spiro atoms. The third-order valence-corrected chi connectivity index (χ3v) is 4.60. The lowest BCUT2D eigenvalue weighted by Crippen LogP contribution is -2.53. The molecule has 7 heteroatoms. The summed E-state index contributed by atoms with van der Waals surface area (Å²) in [5.74, 6) is -0.135. The SMILES string of the molecule is O=C(c1ccccn1)N1CC(n2nc(-c3ccc(Cl)cc3)ccc2=O)C1. The molecule has 4 rings (SSSR count). The first-order valence-electron chi connectivity index (χ1n) is 8.18. The number of likely N-dealkylation sites (tertiary alicyclic amines) is 1. The molecule has 130 valence electrons. The van der Waals surface area contributed by atoms with Gasteiger partial charge in [-0.25, -0.2) is 4.68 Å². The van der Waals surface area contributed by atoms with E-state index in [4.69, 9.17) is 11.6 Å². The minimum Gasteiger partial charge on any atom is -0.333 e. The van der Waals surface area contributed by atoms with Gasteiger partial charge in [-0.05, 0) is 30.3 Å². The van der Waals surface area contributed by atoms with E-state index in [0.29, 0.717) is 29.5 Å². The Kier molecular flexibility index (Phi) is 4.26. The maximum Gasteiger partial charge on any atom is 0.272 e. The molecule has 26 heavy (non-hydrogen) atoms. The van der Waals surface area contributed by atoms with E-state index in [2.05, 4.69) is 10.1 Å². The van der Waals surface area contributed by atoms with Gasteiger partial charge in [-0.2, -0.15) is 5.10 Å². The van der Waals surface area contributed by atoms with Gasteiger partial charge in [-0.15, -0.1) is 0 Å². The summed E-state index contributed by atoms with van der Waals surface area (Å²) >= 11 is 5.92. The Balaban J connectivity index is 1.52. The quantitative estimate of drug-likeness (QED) is 0.714. The average molecular weight is 367 g/mol. The van der Waals surface area contributed by atoms with Gasteiger partial charge in [0.1, 0.15) is 5.69 Å². The van der Waals surface area contributed by atoms with E-state index in [-0.39, 0.29) is 17.5 Å². The number of hydrogen-bond donors (Lipinski definition) is 0. The monoisotopic (exact) mass is 366 g/mol. The molecular formula is C19H15ClN4O2. The number of aromatic nitrogens is 3. The molecule has 0 unspecified atom stereocenters. The number of benzene rings is 1. The number of amides is 1. The number of carbonyl (C=O) groups excluding carboxylic acids is 1. The first-order chi connectivity index (χ1) is 12.6. The number of rotatable bonds is 3. The highest BCUT2D eigenvalue weighted by molar-refractivity contribution is 6.30. The Morgan fingerprint density at radius 3 is 2.50 bits per heavy atom. The molecule has 0 bridgehead atoms. The van der Waals surface area contributed by atoms with Gasteiger partial charge in [0.25, 0.3) is 11.5 Å². The third kappa shape index (κ3) is 3.11. The van der Waals surface area contributed by atoms with Gasteiger partial charge in [0.2, 0.25) is 0 Å². The Labute approximate surface area is 154 Å². The van der Waals surface area contributed by atoms with Gasteiger partial charge in [0.05, 0.1) is 11.7 Å². The first kappa shape index (κ1) is 16.5. The van der Waals surface area contributed by atoms with Crippen LogP contribution in [0.25, 0.3) is 11.3 Å². The molecule has 3 aromatic rings. The maximum absolute atomic E-state index is 12.4. The second kappa shape index (κ2) is 6.72. The van der Waals surface area contributed by atoms with Crippen molar-refractivity contribution >= 4 is 17.5 Å². The van der Waals surface area contributed by atoms with E-state index in [1.165, 1.54) is 10.7 Å². The molecule has 1 aliphatic heterocycles. The van der Waals surface area contributed by atoms with Crippen molar-refractivity contribution < 1.29 is 4.79 Å². The van der Waals surface area contributed by atoms with Crippen LogP contribution < -0.4 is 5.56 Å². The summed E-state index contributed by atoms with van der Waals surface area (Å²) in [4.78, 5) is 30.3. The van der Waals surface area contributed by atoms with Gasteiger partial charge in [0.15, 0.2) is 0 Å². The van der Waals surface area contributed by atoms with E-state index in [9.17, 15) is 9.59 Å². The lowest BCUT2D eigenvalue weighted by atomic mass is 10.1. The van der Waals surface area contributed by atoms with Crippen LogP contribution in [0.4, 0.5) is 0 Å². The standard InChI is InChI=1S/C19H15ClN4O2/c20-14-6-4-13(5-7-14)16-8-9-18(25)24(22-16)15-11-23(12-15)19(26)17-3-1-2-10-21-17/h1-10,15H,11-12H2. The predicted octanol–water partition coefficient (Wildman–Crippen LogP) is 2.66. The van der Waals surface area contributed by atoms with Crippen LogP contribution in [0.3, 0.4) is 0 Å². The Hall–Kier alpha value is -2.99. The zero-order chi connectivity index (χ0) is 18.1. The summed E-state index contributed by atoms with van der Waals surface area (Å²) in [7, 11) is 0. The number of halogens is 1. The lowest BCUT2D eigenvalue weighted by Gasteiger charge is -2.39. The number of hydrogen-bond acceptors (Lipinski definition) is 4. The van der Waals surface area contributed by atoms with Crippen LogP contribution in [0.1, 0.15) is 16.5 Å². The smallest absolute Gasteiger partial charge is 0.272 e. The highest BCUT2D eigenvalue weighted by atomic mass is 35.5. The fourth-order valence-electron chi connectivity index (χ4n) is 2.89. The van der Waals surface area contributed by atoms with E-state index in [0.717, 1.165) is 5.56 Å². The van der Waals surface area contributed by atoms with Crippen LogP contribution in [-0.4, -0.2) is 38.7 Å². The fourth-order valence-corrected chi connectivity index (χ4v) is 3.01. The summed E-state index contributed by atoms with van der Waals surface area (Å²) in [6, 6.07) is 15.6. The second-order valence-corrected chi connectivity index (χ2v) is 6.52. The molecule has 1 amide bonds. The summed E-state index contributed by atoms with van der Waals surface area (Å²) < 4.78 is 1.45. The Morgan fingerprint density at radius 1 is 1.04 bits per heavy atom. The van der Waals surface area contributed by atoms with Crippen molar-refractivity contribution in [2.24, 2.45) is 0 Å². The molecule has 0 atom stereocenters. The summed E-state index contributed by atoms with van der Waals surface area (Å²) in [6.45, 7) is 0.874. The normalized spacial score (nSPS) is 14.1. The molecule has 0 radical (unpaired) electrons. The van der Waals surface area contributed by atoms with Crippen molar-refractivity contribution in [2.45, 2.75) is 6.04 Å². The third-order valence-electron chi connectivity index (χ3n) is 4.34. The minimum absolute atomic E-state index is 0.135. The molecule has 0 saturated carbocycles. The van der Waals surface area contributed by atoms with Crippen LogP contribution in [-0.2, 0) is 0 Å². The van der Waals surface area contributed by atoms with Gasteiger partial charge >= 0.3 is 0 Å². The number of nitrogens with zero attached hydrogens (tertiary/aromatic N) is 4. The molecule has 0 N–H and O–H groups in total. The van der Waals surface area contributed by atoms with Crippen LogP contribution in [0.5, 0.6) is 0 Å². The average Bonchev–Trinajstić information content (AvgIpc) is 2.63. The van der Waals surface area contributed by atoms with E-state index in [1.807, 2.05) is 12.1 Å². The van der Waals surface area contributed by atoms with E-state index < -0.39 is 0 Å². The molecule has 3 heterocycles. The fraction of sp³-hybridized carbons (Fsp3) is 0.158. The minimum atomic E-state index is -0.183. The summed E-state index contributed by atoms with van der Waals surface area (Å²) in [6.07, 6.45) is 1.59. The highest BCUT2D eigenvalue weighted by Gasteiger charge is 2.34. The second-order valence-electron chi connectivity index (χ2n) is 6.09. The largest absolute Gasteiger partial charge is 0.333 e. The van der Waals surface area contributed by atoms with Crippen LogP contribution in [0, 0.1) is 0 Å². The first-order valence-corrected chi connectivity index (χ1v) is 8.56. The van der Waals surface area contributed by atoms with Crippen LogP contribution in [0.15, 0.2) is 65.6 Å². The molecule has 1 aromatic carbocycles. The number of carbonyl (C=O) groups is 1. The van der Waals surface area contributed by atoms with Crippen LogP contribution >= 0.6 is 11.6 Å². The molecule has 0 aliphatic carbocycles. The zero-order valence-corrected chi connectivity index (χ0v) is 14.5. The maximum atomic E-state index is 12.4. The molecule has 6 nitrogen and oxygen atoms in total. The van der Waals surface area contributed by atoms with Crippen molar-refractivity contribution in [1.29, 1.82) is 0 Å². The Morgan fingerprint density at radius 2 is 1.81 bits per heavy atom. The van der Waals surface area contributed by atoms with Gasteiger partial charge < -0.3 is 4.90 Å². The lowest BCUT2D eigenvalue weighted by molar-refractivity contribution is 0.0487. The van der Waals surface area contributed by atoms with Crippen molar-refractivity contribution in [3.8, 4) is 11.3 Å². The van der Waals surface area contributed by atoms with Crippen molar-refractivity contribution in [2.75, 3.05) is 13.1 Å². The van der Waals surface area contributed by atoms with E-state index in [1.54, 1.807) is 47.5 Å². The van der Waals surface area contributed by atoms with Gasteiger partial charge in [0, 0.05) is 35.9 Å². The predicted molar refractivity (Wildman–Crippen MR) is 98.1 cm³/mol. The van der Waals surface area contributed by atoms with Gasteiger partial charge in [-0.1, -0.05) is 29.8 Å². The molecular weight excluding hydrogens is 352 g/mol. The zero-order valence-electron chi connectivity index (χ0n) is 13.7. The molecule has 1 fully saturated rings. The van der Waals surface area contributed by atoms with Gasteiger partial charge in [-0.3, -0.25) is 14.6 Å². The highest BCUT2D eigenvalue weighted by Crippen LogP contribution is 2.23. The topological polar surface area (TPSA) is 68.1 Å². The molecule has 1 aliphatic rings. The van der Waals surface area contributed by atoms with Crippen molar-refractivity contribution in [3.05, 3.63) is 81.9 Å². The summed E-state index contributed by atoms with van der Waals surface area (Å²) in [5, 5.41) is 5.11. The van der Waals surface area contributed by atoms with Crippen molar-refractivity contribution in [3.63, 3.8) is 0 Å². The van der Waals surface area contributed by atoms with E-state index >= 15 is 0 Å². The van der Waals surface area contributed by atoms with Crippen molar-refractivity contribution in [1.82, 2.24) is 19.7 Å². The molecule has 2 aromatic heterocycles.